The van der Waals surface area contributed by atoms with Gasteiger partial charge in [0.25, 0.3) is 5.91 Å². The average Bonchev–Trinajstić information content (AvgIpc) is 2.62. The van der Waals surface area contributed by atoms with Crippen molar-refractivity contribution in [1.82, 2.24) is 14.9 Å². The summed E-state index contributed by atoms with van der Waals surface area (Å²) >= 11 is 1.16. The van der Waals surface area contributed by atoms with E-state index in [1.165, 1.54) is 0 Å². The molecule has 0 unspecified atom stereocenters. The van der Waals surface area contributed by atoms with Gasteiger partial charge in [0.2, 0.25) is 0 Å². The van der Waals surface area contributed by atoms with Gasteiger partial charge in [-0.25, -0.2) is 0 Å². The van der Waals surface area contributed by atoms with Crippen molar-refractivity contribution in [2.45, 2.75) is 33.1 Å². The molecule has 0 saturated heterocycles. The lowest BCUT2D eigenvalue weighted by atomic mass is 10.1. The highest BCUT2D eigenvalue weighted by atomic mass is 32.1. The monoisotopic (exact) mass is 213 g/mol. The Morgan fingerprint density at radius 1 is 1.57 bits per heavy atom. The second kappa shape index (κ2) is 5.05. The van der Waals surface area contributed by atoms with E-state index in [-0.39, 0.29) is 11.8 Å². The summed E-state index contributed by atoms with van der Waals surface area (Å²) in [6.07, 6.45) is 0.939. The quantitative estimate of drug-likeness (QED) is 0.829. The van der Waals surface area contributed by atoms with Crippen LogP contribution < -0.4 is 5.32 Å². The van der Waals surface area contributed by atoms with Gasteiger partial charge < -0.3 is 5.32 Å². The molecule has 1 aromatic rings. The van der Waals surface area contributed by atoms with Crippen LogP contribution in [0, 0.1) is 0 Å². The van der Waals surface area contributed by atoms with Crippen LogP contribution in [0.25, 0.3) is 0 Å². The number of carbonyl (C=O) groups is 1. The maximum atomic E-state index is 11.6. The average molecular weight is 213 g/mol. The van der Waals surface area contributed by atoms with Gasteiger partial charge in [-0.3, -0.25) is 4.79 Å². The van der Waals surface area contributed by atoms with Gasteiger partial charge in [-0.2, -0.15) is 0 Å². The summed E-state index contributed by atoms with van der Waals surface area (Å²) in [6.45, 7) is 6.74. The van der Waals surface area contributed by atoms with Gasteiger partial charge >= 0.3 is 0 Å². The van der Waals surface area contributed by atoms with Crippen LogP contribution in [0.1, 0.15) is 48.5 Å². The molecule has 0 spiro atoms. The van der Waals surface area contributed by atoms with Crippen molar-refractivity contribution in [3.05, 3.63) is 10.6 Å². The minimum Gasteiger partial charge on any atom is -0.351 e. The number of amides is 1. The first kappa shape index (κ1) is 11.1. The number of nitrogens with zero attached hydrogens (tertiary/aromatic N) is 2. The summed E-state index contributed by atoms with van der Waals surface area (Å²) in [7, 11) is 0. The lowest BCUT2D eigenvalue weighted by Crippen LogP contribution is -2.24. The predicted molar refractivity (Wildman–Crippen MR) is 56.6 cm³/mol. The number of nitrogens with one attached hydrogen (secondary N) is 1. The number of hydrogen-bond acceptors (Lipinski definition) is 4. The van der Waals surface area contributed by atoms with Gasteiger partial charge in [-0.05, 0) is 23.9 Å². The molecule has 0 radical (unpaired) electrons. The molecular formula is C9H15N3OS. The molecule has 0 saturated carbocycles. The van der Waals surface area contributed by atoms with Crippen molar-refractivity contribution in [3.8, 4) is 0 Å². The molecule has 1 aromatic heterocycles. The molecule has 0 fully saturated rings. The third-order valence-corrected chi connectivity index (χ3v) is 2.54. The minimum atomic E-state index is -0.0504. The number of hydrogen-bond donors (Lipinski definition) is 1. The maximum Gasteiger partial charge on any atom is 0.264 e. The van der Waals surface area contributed by atoms with Crippen LogP contribution in [0.15, 0.2) is 0 Å². The summed E-state index contributed by atoms with van der Waals surface area (Å²) < 4.78 is 3.80. The highest BCUT2D eigenvalue weighted by molar-refractivity contribution is 7.08. The van der Waals surface area contributed by atoms with Gasteiger partial charge in [0, 0.05) is 6.54 Å². The molecule has 14 heavy (non-hydrogen) atoms. The lowest BCUT2D eigenvalue weighted by molar-refractivity contribution is 0.0956. The van der Waals surface area contributed by atoms with E-state index in [1.54, 1.807) is 0 Å². The Bertz CT molecular complexity index is 309. The molecule has 0 aliphatic rings. The topological polar surface area (TPSA) is 54.9 Å². The standard InChI is InChI=1S/C9H15N3OS/c1-4-5-10-9(13)8-7(6(2)3)11-12-14-8/h6H,4-5H2,1-3H3,(H,10,13). The van der Waals surface area contributed by atoms with E-state index < -0.39 is 0 Å². The summed E-state index contributed by atoms with van der Waals surface area (Å²) in [4.78, 5) is 12.3. The van der Waals surface area contributed by atoms with Crippen LogP contribution in [-0.4, -0.2) is 22.0 Å². The fourth-order valence-corrected chi connectivity index (χ4v) is 1.79. The van der Waals surface area contributed by atoms with Gasteiger partial charge in [-0.1, -0.05) is 25.3 Å². The van der Waals surface area contributed by atoms with Gasteiger partial charge in [0.15, 0.2) is 0 Å². The van der Waals surface area contributed by atoms with Crippen molar-refractivity contribution in [1.29, 1.82) is 0 Å². The molecular weight excluding hydrogens is 198 g/mol. The molecule has 78 valence electrons. The second-order valence-corrected chi connectivity index (χ2v) is 4.15. The van der Waals surface area contributed by atoms with Gasteiger partial charge in [0.05, 0.1) is 5.69 Å². The van der Waals surface area contributed by atoms with E-state index in [1.807, 2.05) is 20.8 Å². The van der Waals surface area contributed by atoms with E-state index >= 15 is 0 Å². The third-order valence-electron chi connectivity index (χ3n) is 1.80. The van der Waals surface area contributed by atoms with Crippen molar-refractivity contribution in [2.24, 2.45) is 0 Å². The zero-order valence-corrected chi connectivity index (χ0v) is 9.52. The van der Waals surface area contributed by atoms with Gasteiger partial charge in [-0.15, -0.1) is 5.10 Å². The number of rotatable bonds is 4. The van der Waals surface area contributed by atoms with Crippen molar-refractivity contribution < 1.29 is 4.79 Å². The maximum absolute atomic E-state index is 11.6. The molecule has 0 bridgehead atoms. The fourth-order valence-electron chi connectivity index (χ4n) is 1.05. The molecule has 1 amide bonds. The Balaban J connectivity index is 2.74. The summed E-state index contributed by atoms with van der Waals surface area (Å²) in [5, 5.41) is 6.77. The lowest BCUT2D eigenvalue weighted by Gasteiger charge is -2.04. The van der Waals surface area contributed by atoms with E-state index in [2.05, 4.69) is 14.9 Å². The zero-order valence-electron chi connectivity index (χ0n) is 8.70. The Hall–Kier alpha value is -0.970. The highest BCUT2D eigenvalue weighted by Gasteiger charge is 2.17. The van der Waals surface area contributed by atoms with Crippen LogP contribution >= 0.6 is 11.5 Å². The molecule has 0 aliphatic heterocycles. The highest BCUT2D eigenvalue weighted by Crippen LogP contribution is 2.19. The first-order chi connectivity index (χ1) is 6.66. The van der Waals surface area contributed by atoms with E-state index in [9.17, 15) is 4.79 Å². The Morgan fingerprint density at radius 3 is 2.86 bits per heavy atom. The summed E-state index contributed by atoms with van der Waals surface area (Å²) in [6, 6.07) is 0. The first-order valence-electron chi connectivity index (χ1n) is 4.77. The number of aromatic nitrogens is 2. The predicted octanol–water partition coefficient (Wildman–Crippen LogP) is 1.80. The SMILES string of the molecule is CCCNC(=O)c1snnc1C(C)C. The Kier molecular flexibility index (Phi) is 4.00. The summed E-state index contributed by atoms with van der Waals surface area (Å²) in [5.41, 5.74) is 0.795. The Labute approximate surface area is 87.9 Å². The van der Waals surface area contributed by atoms with Crippen LogP contribution in [0.3, 0.4) is 0 Å². The molecule has 4 nitrogen and oxygen atoms in total. The van der Waals surface area contributed by atoms with Crippen LogP contribution in [0.2, 0.25) is 0 Å². The second-order valence-electron chi connectivity index (χ2n) is 3.40. The minimum absolute atomic E-state index is 0.0504. The van der Waals surface area contributed by atoms with Gasteiger partial charge in [0.1, 0.15) is 4.88 Å². The Morgan fingerprint density at radius 2 is 2.29 bits per heavy atom. The fraction of sp³-hybridized carbons (Fsp3) is 0.667. The van der Waals surface area contributed by atoms with E-state index in [0.717, 1.165) is 23.6 Å². The largest absolute Gasteiger partial charge is 0.351 e. The molecule has 0 atom stereocenters. The van der Waals surface area contributed by atoms with Crippen molar-refractivity contribution in [2.75, 3.05) is 6.54 Å². The summed E-state index contributed by atoms with van der Waals surface area (Å²) in [5.74, 6) is 0.196. The molecule has 1 N–H and O–H groups in total. The van der Waals surface area contributed by atoms with Crippen LogP contribution in [0.4, 0.5) is 0 Å². The molecule has 1 heterocycles. The third kappa shape index (κ3) is 2.51. The van der Waals surface area contributed by atoms with E-state index in [4.69, 9.17) is 0 Å². The molecule has 0 aromatic carbocycles. The van der Waals surface area contributed by atoms with E-state index in [0.29, 0.717) is 11.4 Å². The van der Waals surface area contributed by atoms with Crippen LogP contribution in [-0.2, 0) is 0 Å². The number of carbonyl (C=O) groups excluding carboxylic acids is 1. The molecule has 5 heteroatoms. The molecule has 0 aliphatic carbocycles. The van der Waals surface area contributed by atoms with Crippen molar-refractivity contribution >= 4 is 17.4 Å². The smallest absolute Gasteiger partial charge is 0.264 e. The molecule has 1 rings (SSSR count). The normalized spacial score (nSPS) is 10.6. The van der Waals surface area contributed by atoms with Crippen LogP contribution in [0.5, 0.6) is 0 Å². The first-order valence-corrected chi connectivity index (χ1v) is 5.54. The zero-order chi connectivity index (χ0) is 10.6. The van der Waals surface area contributed by atoms with Crippen molar-refractivity contribution in [3.63, 3.8) is 0 Å².